The number of anilines is 1. The minimum Gasteiger partial charge on any atom is -0.480 e. The number of hydrogen-bond donors (Lipinski definition) is 2. The molecule has 4 aromatic rings. The fourth-order valence-corrected chi connectivity index (χ4v) is 7.22. The Kier molecular flexibility index (Phi) is 8.13. The van der Waals surface area contributed by atoms with Gasteiger partial charge < -0.3 is 15.8 Å². The number of nitrogens with zero attached hydrogens (tertiary/aromatic N) is 6. The van der Waals surface area contributed by atoms with Crippen LogP contribution >= 0.6 is 0 Å². The lowest BCUT2D eigenvalue weighted by atomic mass is 10.1. The van der Waals surface area contributed by atoms with Gasteiger partial charge in [-0.25, -0.2) is 36.1 Å². The molecule has 0 saturated carbocycles. The first-order chi connectivity index (χ1) is 21.4. The van der Waals surface area contributed by atoms with Gasteiger partial charge in [-0.3, -0.25) is 9.69 Å². The van der Waals surface area contributed by atoms with Gasteiger partial charge in [0.1, 0.15) is 23.6 Å². The lowest BCUT2D eigenvalue weighted by molar-refractivity contribution is -0.133. The van der Waals surface area contributed by atoms with Crippen molar-refractivity contribution >= 4 is 27.3 Å². The first-order valence-electron chi connectivity index (χ1n) is 14.2. The van der Waals surface area contributed by atoms with Crippen LogP contribution in [-0.2, 0) is 23.0 Å². The van der Waals surface area contributed by atoms with E-state index in [1.165, 1.54) is 30.2 Å². The molecule has 2 aliphatic rings. The number of aryl methyl sites for hydroxylation is 1. The molecule has 12 nitrogen and oxygen atoms in total. The number of nitrogens with two attached hydrogens (primary N) is 1. The fraction of sp³-hybridized carbons (Fsp3) is 0.379. The molecule has 2 aliphatic heterocycles. The van der Waals surface area contributed by atoms with Crippen molar-refractivity contribution < 1.29 is 31.1 Å². The second-order valence-electron chi connectivity index (χ2n) is 11.2. The number of nitrogen functional groups attached to an aromatic ring is 1. The summed E-state index contributed by atoms with van der Waals surface area (Å²) in [5.41, 5.74) is 8.89. The van der Waals surface area contributed by atoms with Crippen LogP contribution in [0.3, 0.4) is 0 Å². The van der Waals surface area contributed by atoms with Gasteiger partial charge in [0.15, 0.2) is 5.82 Å². The molecule has 16 heteroatoms. The topological polar surface area (TPSA) is 148 Å². The zero-order valence-corrected chi connectivity index (χ0v) is 25.1. The van der Waals surface area contributed by atoms with Crippen molar-refractivity contribution in [1.82, 2.24) is 34.1 Å². The van der Waals surface area contributed by atoms with E-state index in [0.29, 0.717) is 22.3 Å². The van der Waals surface area contributed by atoms with Crippen LogP contribution in [-0.4, -0.2) is 100 Å². The van der Waals surface area contributed by atoms with E-state index in [-0.39, 0.29) is 62.2 Å². The average Bonchev–Trinajstić information content (AvgIpc) is 3.56. The molecule has 0 unspecified atom stereocenters. The van der Waals surface area contributed by atoms with Crippen molar-refractivity contribution in [2.45, 2.75) is 31.1 Å². The summed E-state index contributed by atoms with van der Waals surface area (Å²) in [6.45, 7) is -1.19. The predicted molar refractivity (Wildman–Crippen MR) is 159 cm³/mol. The Labute approximate surface area is 257 Å². The maximum Gasteiger partial charge on any atom is 0.272 e. The third kappa shape index (κ3) is 6.30. The lowest BCUT2D eigenvalue weighted by Gasteiger charge is -2.38. The second kappa shape index (κ2) is 11.9. The molecule has 1 aromatic carbocycles. The Bertz CT molecular complexity index is 1830. The van der Waals surface area contributed by atoms with Gasteiger partial charge in [0.2, 0.25) is 15.9 Å². The Hall–Kier alpha value is -4.28. The van der Waals surface area contributed by atoms with Gasteiger partial charge >= 0.3 is 0 Å². The van der Waals surface area contributed by atoms with Crippen LogP contribution in [0.15, 0.2) is 55.0 Å². The number of amides is 1. The monoisotopic (exact) mass is 644 g/mol. The van der Waals surface area contributed by atoms with E-state index in [9.17, 15) is 22.0 Å². The van der Waals surface area contributed by atoms with E-state index < -0.39 is 34.1 Å². The highest BCUT2D eigenvalue weighted by atomic mass is 32.2. The predicted octanol–water partition coefficient (Wildman–Crippen LogP) is 2.16. The number of sulfonamides is 1. The summed E-state index contributed by atoms with van der Waals surface area (Å²) in [6.07, 6.45) is 1.35. The summed E-state index contributed by atoms with van der Waals surface area (Å²) in [4.78, 5) is 23.3. The van der Waals surface area contributed by atoms with E-state index in [0.717, 1.165) is 9.87 Å². The highest BCUT2D eigenvalue weighted by molar-refractivity contribution is 7.89. The normalized spacial score (nSPS) is 20.3. The molecule has 0 bridgehead atoms. The molecule has 5 heterocycles. The molecule has 45 heavy (non-hydrogen) atoms. The van der Waals surface area contributed by atoms with E-state index in [1.54, 1.807) is 11.0 Å². The van der Waals surface area contributed by atoms with Gasteiger partial charge in [-0.05, 0) is 29.7 Å². The number of fused-ring (bicyclic) bond motifs is 1. The van der Waals surface area contributed by atoms with Gasteiger partial charge in [0.25, 0.3) is 11.8 Å². The van der Waals surface area contributed by atoms with Crippen molar-refractivity contribution in [3.63, 3.8) is 0 Å². The van der Waals surface area contributed by atoms with Crippen molar-refractivity contribution in [2.75, 3.05) is 44.8 Å². The van der Waals surface area contributed by atoms with Crippen LogP contribution < -0.4 is 15.8 Å². The molecule has 2 saturated heterocycles. The number of nitrogens with one attached hydrogen (secondary N) is 1. The molecule has 0 spiro atoms. The zero-order chi connectivity index (χ0) is 31.9. The number of pyridine rings is 1. The molecule has 6 rings (SSSR count). The van der Waals surface area contributed by atoms with Crippen LogP contribution in [0.1, 0.15) is 21.5 Å². The summed E-state index contributed by atoms with van der Waals surface area (Å²) in [6, 6.07) is 11.2. The molecule has 3 N–H and O–H groups in total. The van der Waals surface area contributed by atoms with Gasteiger partial charge in [-0.2, -0.15) is 9.40 Å². The van der Waals surface area contributed by atoms with Crippen LogP contribution in [0.25, 0.3) is 16.8 Å². The number of aromatic nitrogens is 4. The van der Waals surface area contributed by atoms with E-state index in [1.807, 2.05) is 30.3 Å². The van der Waals surface area contributed by atoms with Gasteiger partial charge in [0.05, 0.1) is 37.7 Å². The molecule has 1 amide bonds. The van der Waals surface area contributed by atoms with Crippen LogP contribution in [0.5, 0.6) is 5.88 Å². The number of benzene rings is 1. The summed E-state index contributed by atoms with van der Waals surface area (Å²) < 4.78 is 75.8. The number of hydrogen-bond acceptors (Lipinski definition) is 9. The molecular formula is C29H31F3N8O4S. The van der Waals surface area contributed by atoms with E-state index in [4.69, 9.17) is 10.5 Å². The summed E-state index contributed by atoms with van der Waals surface area (Å²) in [5, 5.41) is 6.89. The first kappa shape index (κ1) is 30.7. The third-order valence-corrected chi connectivity index (χ3v) is 9.77. The molecule has 2 fully saturated rings. The molecule has 0 radical (unpaired) electrons. The molecular weight excluding hydrogens is 613 g/mol. The number of carbonyl (C=O) groups is 1. The summed E-state index contributed by atoms with van der Waals surface area (Å²) in [7, 11) is -2.45. The smallest absolute Gasteiger partial charge is 0.272 e. The number of rotatable bonds is 10. The maximum absolute atomic E-state index is 15.1. The SMILES string of the molecule is COc1ncc(-c2cc(CN3CC(F)(F)C3)c3c(N)ncnn23)cc1C(=O)N[C@@H]1CN(S(=O)(=O)CCc2ccccc2)C[C@@H]1F. The van der Waals surface area contributed by atoms with E-state index >= 15 is 4.39 Å². The van der Waals surface area contributed by atoms with Crippen LogP contribution in [0, 0.1) is 0 Å². The molecule has 3 aromatic heterocycles. The Morgan fingerprint density at radius 3 is 2.62 bits per heavy atom. The highest BCUT2D eigenvalue weighted by Crippen LogP contribution is 2.34. The number of halogens is 3. The molecule has 238 valence electrons. The summed E-state index contributed by atoms with van der Waals surface area (Å²) >= 11 is 0. The quantitative estimate of drug-likeness (QED) is 0.265. The Balaban J connectivity index is 1.21. The Morgan fingerprint density at radius 2 is 1.91 bits per heavy atom. The zero-order valence-electron chi connectivity index (χ0n) is 24.2. The third-order valence-electron chi connectivity index (χ3n) is 7.97. The Morgan fingerprint density at radius 1 is 1.16 bits per heavy atom. The number of likely N-dealkylation sites (tertiary alicyclic amines) is 1. The van der Waals surface area contributed by atoms with Gasteiger partial charge in [-0.15, -0.1) is 0 Å². The van der Waals surface area contributed by atoms with Crippen molar-refractivity contribution in [1.29, 1.82) is 0 Å². The maximum atomic E-state index is 15.1. The van der Waals surface area contributed by atoms with Crippen LogP contribution in [0.4, 0.5) is 19.0 Å². The van der Waals surface area contributed by atoms with E-state index in [2.05, 4.69) is 20.4 Å². The number of ether oxygens (including phenoxy) is 1. The molecule has 0 aliphatic carbocycles. The standard InChI is InChI=1S/C29H31F3N8O4S/c1-44-28-21(27(41)37-23-14-39(13-22(23)30)45(42,43)8-7-18-5-3-2-4-6-18)9-19(11-34-28)24-10-20(12-38-15-29(31,32)16-38)25-26(33)35-17-36-40(24)25/h2-6,9-11,17,22-23H,7-8,12-16H2,1H3,(H,37,41)(H2,33,35,36)/t22-,23+/m0/s1. The molecule has 2 atom stereocenters. The van der Waals surface area contributed by atoms with Crippen molar-refractivity contribution in [3.8, 4) is 17.1 Å². The second-order valence-corrected chi connectivity index (χ2v) is 13.3. The number of alkyl halides is 3. The van der Waals surface area contributed by atoms with Crippen LogP contribution in [0.2, 0.25) is 0 Å². The largest absolute Gasteiger partial charge is 0.480 e. The highest BCUT2D eigenvalue weighted by Gasteiger charge is 2.44. The number of methoxy groups -OCH3 is 1. The minimum absolute atomic E-state index is 0.0199. The van der Waals surface area contributed by atoms with Gasteiger partial charge in [-0.1, -0.05) is 30.3 Å². The van der Waals surface area contributed by atoms with Crippen molar-refractivity contribution in [2.24, 2.45) is 0 Å². The summed E-state index contributed by atoms with van der Waals surface area (Å²) in [5.74, 6) is -3.53. The van der Waals surface area contributed by atoms with Gasteiger partial charge in [0, 0.05) is 31.4 Å². The first-order valence-corrected chi connectivity index (χ1v) is 15.8. The number of carbonyl (C=O) groups excluding carboxylic acids is 1. The average molecular weight is 645 g/mol. The minimum atomic E-state index is -3.78. The lowest BCUT2D eigenvalue weighted by Crippen LogP contribution is -2.55. The fourth-order valence-electron chi connectivity index (χ4n) is 5.71. The van der Waals surface area contributed by atoms with Crippen molar-refractivity contribution in [3.05, 3.63) is 71.7 Å².